The molecule has 13 heavy (non-hydrogen) atoms. The summed E-state index contributed by atoms with van der Waals surface area (Å²) in [4.78, 5) is 10.4. The molecule has 0 aliphatic heterocycles. The van der Waals surface area contributed by atoms with Crippen LogP contribution in [0.2, 0.25) is 0 Å². The lowest BCUT2D eigenvalue weighted by Crippen LogP contribution is -2.14. The van der Waals surface area contributed by atoms with E-state index < -0.39 is 5.97 Å². The monoisotopic (exact) mass is 182 g/mol. The SMILES string of the molecule is O=C(O)c1cc(CNC2CC2)on1. The van der Waals surface area contributed by atoms with Crippen LogP contribution in [0.1, 0.15) is 29.1 Å². The Kier molecular flexibility index (Phi) is 2.02. The van der Waals surface area contributed by atoms with E-state index in [1.165, 1.54) is 18.9 Å². The molecular formula is C8H10N2O3. The van der Waals surface area contributed by atoms with Crippen LogP contribution >= 0.6 is 0 Å². The van der Waals surface area contributed by atoms with Crippen molar-refractivity contribution in [2.75, 3.05) is 0 Å². The van der Waals surface area contributed by atoms with Crippen molar-refractivity contribution in [1.29, 1.82) is 0 Å². The first-order chi connectivity index (χ1) is 6.25. The first-order valence-corrected chi connectivity index (χ1v) is 4.18. The van der Waals surface area contributed by atoms with E-state index in [0.717, 1.165) is 0 Å². The van der Waals surface area contributed by atoms with Crippen molar-refractivity contribution in [2.24, 2.45) is 0 Å². The number of aromatic nitrogens is 1. The molecule has 1 aromatic rings. The summed E-state index contributed by atoms with van der Waals surface area (Å²) in [6.45, 7) is 0.560. The van der Waals surface area contributed by atoms with Gasteiger partial charge in [-0.3, -0.25) is 0 Å². The minimum atomic E-state index is -1.05. The Labute approximate surface area is 74.7 Å². The fraction of sp³-hybridized carbons (Fsp3) is 0.500. The number of nitrogens with one attached hydrogen (secondary N) is 1. The van der Waals surface area contributed by atoms with Crippen LogP contribution < -0.4 is 5.32 Å². The molecule has 1 fully saturated rings. The second kappa shape index (κ2) is 3.18. The van der Waals surface area contributed by atoms with Gasteiger partial charge in [0.1, 0.15) is 0 Å². The quantitative estimate of drug-likeness (QED) is 0.714. The average molecular weight is 182 g/mol. The summed E-state index contributed by atoms with van der Waals surface area (Å²) in [6.07, 6.45) is 2.39. The number of nitrogens with zero attached hydrogens (tertiary/aromatic N) is 1. The van der Waals surface area contributed by atoms with E-state index in [1.807, 2.05) is 0 Å². The molecule has 5 heteroatoms. The van der Waals surface area contributed by atoms with Crippen LogP contribution in [0.3, 0.4) is 0 Å². The van der Waals surface area contributed by atoms with Gasteiger partial charge in [0.05, 0.1) is 6.54 Å². The lowest BCUT2D eigenvalue weighted by Gasteiger charge is -1.95. The zero-order valence-corrected chi connectivity index (χ0v) is 6.99. The molecule has 5 nitrogen and oxygen atoms in total. The van der Waals surface area contributed by atoms with E-state index >= 15 is 0 Å². The van der Waals surface area contributed by atoms with E-state index in [-0.39, 0.29) is 5.69 Å². The Morgan fingerprint density at radius 1 is 1.77 bits per heavy atom. The molecule has 0 atom stereocenters. The average Bonchev–Trinajstić information content (AvgIpc) is 2.79. The summed E-state index contributed by atoms with van der Waals surface area (Å²) in [5.74, 6) is -0.481. The van der Waals surface area contributed by atoms with Crippen molar-refractivity contribution >= 4 is 5.97 Å². The van der Waals surface area contributed by atoms with Crippen LogP contribution in [0.5, 0.6) is 0 Å². The summed E-state index contributed by atoms with van der Waals surface area (Å²) in [6, 6.07) is 2.02. The molecule has 0 saturated heterocycles. The standard InChI is InChI=1S/C8H10N2O3/c11-8(12)7-3-6(13-10-7)4-9-5-1-2-5/h3,5,9H,1-2,4H2,(H,11,12). The third-order valence-electron chi connectivity index (χ3n) is 1.92. The Morgan fingerprint density at radius 2 is 2.54 bits per heavy atom. The Balaban J connectivity index is 1.92. The minimum absolute atomic E-state index is 0.0346. The van der Waals surface area contributed by atoms with Gasteiger partial charge in [-0.2, -0.15) is 0 Å². The molecule has 0 unspecified atom stereocenters. The largest absolute Gasteiger partial charge is 0.476 e. The Bertz CT molecular complexity index is 317. The van der Waals surface area contributed by atoms with Gasteiger partial charge in [0.2, 0.25) is 0 Å². The normalized spacial score (nSPS) is 16.0. The highest BCUT2D eigenvalue weighted by Gasteiger charge is 2.21. The van der Waals surface area contributed by atoms with Crippen molar-refractivity contribution in [3.8, 4) is 0 Å². The van der Waals surface area contributed by atoms with Crippen LogP contribution in [0, 0.1) is 0 Å². The molecule has 0 radical (unpaired) electrons. The maximum atomic E-state index is 10.4. The zero-order chi connectivity index (χ0) is 9.26. The molecule has 0 amide bonds. The fourth-order valence-corrected chi connectivity index (χ4v) is 1.03. The van der Waals surface area contributed by atoms with E-state index in [4.69, 9.17) is 9.63 Å². The van der Waals surface area contributed by atoms with Crippen molar-refractivity contribution < 1.29 is 14.4 Å². The molecule has 0 aromatic carbocycles. The molecule has 1 aliphatic rings. The minimum Gasteiger partial charge on any atom is -0.476 e. The highest BCUT2D eigenvalue weighted by molar-refractivity contribution is 5.85. The second-order valence-electron chi connectivity index (χ2n) is 3.14. The van der Waals surface area contributed by atoms with Gasteiger partial charge in [-0.05, 0) is 12.8 Å². The first kappa shape index (κ1) is 8.25. The Morgan fingerprint density at radius 3 is 3.08 bits per heavy atom. The smallest absolute Gasteiger partial charge is 0.358 e. The van der Waals surface area contributed by atoms with Crippen LogP contribution in [0.15, 0.2) is 10.6 Å². The van der Waals surface area contributed by atoms with Gasteiger partial charge in [0.15, 0.2) is 11.5 Å². The number of carbonyl (C=O) groups is 1. The molecule has 70 valence electrons. The van der Waals surface area contributed by atoms with Gasteiger partial charge >= 0.3 is 5.97 Å². The van der Waals surface area contributed by atoms with Gasteiger partial charge in [-0.25, -0.2) is 4.79 Å². The van der Waals surface area contributed by atoms with Crippen molar-refractivity contribution in [2.45, 2.75) is 25.4 Å². The molecule has 2 rings (SSSR count). The molecule has 1 saturated carbocycles. The van der Waals surface area contributed by atoms with E-state index in [0.29, 0.717) is 18.3 Å². The summed E-state index contributed by atoms with van der Waals surface area (Å²) in [5, 5.41) is 15.1. The van der Waals surface area contributed by atoms with Gasteiger partial charge in [0.25, 0.3) is 0 Å². The summed E-state index contributed by atoms with van der Waals surface area (Å²) < 4.78 is 4.81. The molecular weight excluding hydrogens is 172 g/mol. The van der Waals surface area contributed by atoms with E-state index in [9.17, 15) is 4.79 Å². The van der Waals surface area contributed by atoms with E-state index in [2.05, 4.69) is 10.5 Å². The highest BCUT2D eigenvalue weighted by atomic mass is 16.5. The summed E-state index contributed by atoms with van der Waals surface area (Å²) in [5.41, 5.74) is -0.0346. The third-order valence-corrected chi connectivity index (χ3v) is 1.92. The molecule has 1 aliphatic carbocycles. The van der Waals surface area contributed by atoms with Gasteiger partial charge < -0.3 is 14.9 Å². The Hall–Kier alpha value is -1.36. The number of aromatic carboxylic acids is 1. The van der Waals surface area contributed by atoms with Gasteiger partial charge in [-0.1, -0.05) is 5.16 Å². The number of carboxylic acids is 1. The lowest BCUT2D eigenvalue weighted by atomic mass is 10.3. The zero-order valence-electron chi connectivity index (χ0n) is 6.99. The van der Waals surface area contributed by atoms with Gasteiger partial charge in [0, 0.05) is 12.1 Å². The predicted octanol–water partition coefficient (Wildman–Crippen LogP) is 0.625. The summed E-state index contributed by atoms with van der Waals surface area (Å²) in [7, 11) is 0. The maximum absolute atomic E-state index is 10.4. The topological polar surface area (TPSA) is 75.4 Å². The number of hydrogen-bond acceptors (Lipinski definition) is 4. The van der Waals surface area contributed by atoms with E-state index in [1.54, 1.807) is 0 Å². The molecule has 2 N–H and O–H groups in total. The van der Waals surface area contributed by atoms with Crippen molar-refractivity contribution in [3.63, 3.8) is 0 Å². The van der Waals surface area contributed by atoms with Crippen LogP contribution in [0.4, 0.5) is 0 Å². The van der Waals surface area contributed by atoms with Gasteiger partial charge in [-0.15, -0.1) is 0 Å². The van der Waals surface area contributed by atoms with Crippen LogP contribution in [-0.2, 0) is 6.54 Å². The first-order valence-electron chi connectivity index (χ1n) is 4.18. The number of hydrogen-bond donors (Lipinski definition) is 2. The lowest BCUT2D eigenvalue weighted by molar-refractivity contribution is 0.0685. The molecule has 0 spiro atoms. The summed E-state index contributed by atoms with van der Waals surface area (Å²) >= 11 is 0. The number of rotatable bonds is 4. The third kappa shape index (κ3) is 2.06. The number of carboxylic acid groups (broad SMARTS) is 1. The van der Waals surface area contributed by atoms with Crippen LogP contribution in [-0.4, -0.2) is 22.3 Å². The second-order valence-corrected chi connectivity index (χ2v) is 3.14. The van der Waals surface area contributed by atoms with Crippen LogP contribution in [0.25, 0.3) is 0 Å². The molecule has 0 bridgehead atoms. The molecule has 1 heterocycles. The highest BCUT2D eigenvalue weighted by Crippen LogP contribution is 2.19. The molecule has 1 aromatic heterocycles. The predicted molar refractivity (Wildman–Crippen MR) is 43.3 cm³/mol. The fourth-order valence-electron chi connectivity index (χ4n) is 1.03. The van der Waals surface area contributed by atoms with Crippen molar-refractivity contribution in [1.82, 2.24) is 10.5 Å². The van der Waals surface area contributed by atoms with Crippen molar-refractivity contribution in [3.05, 3.63) is 17.5 Å². The maximum Gasteiger partial charge on any atom is 0.358 e.